The lowest BCUT2D eigenvalue weighted by Gasteiger charge is -2.10. The van der Waals surface area contributed by atoms with E-state index in [9.17, 15) is 5.11 Å². The van der Waals surface area contributed by atoms with Crippen molar-refractivity contribution in [3.63, 3.8) is 0 Å². The van der Waals surface area contributed by atoms with Crippen molar-refractivity contribution >= 4 is 11.6 Å². The largest absolute Gasteiger partial charge is 0.485 e. The van der Waals surface area contributed by atoms with E-state index in [1.807, 2.05) is 16.9 Å². The molecule has 0 atom stereocenters. The van der Waals surface area contributed by atoms with E-state index in [0.29, 0.717) is 29.0 Å². The molecule has 1 aromatic heterocycles. The van der Waals surface area contributed by atoms with Gasteiger partial charge in [0, 0.05) is 17.8 Å². The molecule has 0 saturated heterocycles. The fraction of sp³-hybridized carbons (Fsp3) is 0.357. The fourth-order valence-electron chi connectivity index (χ4n) is 1.73. The van der Waals surface area contributed by atoms with Gasteiger partial charge < -0.3 is 9.84 Å². The Hall–Kier alpha value is -1.52. The average Bonchev–Trinajstić information content (AvgIpc) is 2.86. The van der Waals surface area contributed by atoms with Crippen LogP contribution >= 0.6 is 11.6 Å². The van der Waals surface area contributed by atoms with Gasteiger partial charge in [-0.05, 0) is 26.0 Å². The number of benzene rings is 1. The van der Waals surface area contributed by atoms with Crippen molar-refractivity contribution in [1.82, 2.24) is 9.78 Å². The van der Waals surface area contributed by atoms with Crippen LogP contribution in [0.1, 0.15) is 31.1 Å². The van der Waals surface area contributed by atoms with Crippen LogP contribution in [0.25, 0.3) is 0 Å². The van der Waals surface area contributed by atoms with Crippen LogP contribution in [-0.4, -0.2) is 14.9 Å². The molecule has 1 aromatic carbocycles. The van der Waals surface area contributed by atoms with Gasteiger partial charge in [-0.2, -0.15) is 5.10 Å². The van der Waals surface area contributed by atoms with Crippen LogP contribution in [0.3, 0.4) is 0 Å². The highest BCUT2D eigenvalue weighted by Gasteiger charge is 2.09. The molecular formula is C14H17ClN2O2. The van der Waals surface area contributed by atoms with Gasteiger partial charge in [0.25, 0.3) is 0 Å². The molecule has 19 heavy (non-hydrogen) atoms. The topological polar surface area (TPSA) is 47.3 Å². The van der Waals surface area contributed by atoms with Crippen molar-refractivity contribution in [3.8, 4) is 5.75 Å². The number of rotatable bonds is 5. The van der Waals surface area contributed by atoms with Crippen molar-refractivity contribution < 1.29 is 9.84 Å². The molecule has 0 aliphatic rings. The van der Waals surface area contributed by atoms with Gasteiger partial charge in [0.1, 0.15) is 12.4 Å². The number of ether oxygens (including phenoxy) is 1. The summed E-state index contributed by atoms with van der Waals surface area (Å²) in [6, 6.07) is 7.54. The molecule has 0 saturated carbocycles. The molecule has 1 heterocycles. The Morgan fingerprint density at radius 1 is 1.37 bits per heavy atom. The lowest BCUT2D eigenvalue weighted by molar-refractivity contribution is 0.257. The Morgan fingerprint density at radius 3 is 2.79 bits per heavy atom. The molecule has 0 unspecified atom stereocenters. The van der Waals surface area contributed by atoms with Crippen LogP contribution in [0.15, 0.2) is 30.5 Å². The van der Waals surface area contributed by atoms with Gasteiger partial charge in [0.2, 0.25) is 0 Å². The first kappa shape index (κ1) is 13.9. The van der Waals surface area contributed by atoms with Crippen LogP contribution in [-0.2, 0) is 13.2 Å². The lowest BCUT2D eigenvalue weighted by atomic mass is 10.2. The number of aliphatic hydroxyl groups is 1. The maximum Gasteiger partial charge on any atom is 0.143 e. The first-order valence-electron chi connectivity index (χ1n) is 6.17. The maximum absolute atomic E-state index is 9.26. The summed E-state index contributed by atoms with van der Waals surface area (Å²) >= 11 is 6.07. The summed E-state index contributed by atoms with van der Waals surface area (Å²) in [4.78, 5) is 0. The van der Waals surface area contributed by atoms with Crippen molar-refractivity contribution in [2.45, 2.75) is 33.1 Å². The van der Waals surface area contributed by atoms with Gasteiger partial charge in [-0.25, -0.2) is 0 Å². The van der Waals surface area contributed by atoms with Crippen LogP contribution in [0.2, 0.25) is 5.02 Å². The zero-order valence-corrected chi connectivity index (χ0v) is 11.8. The van der Waals surface area contributed by atoms with E-state index < -0.39 is 0 Å². The summed E-state index contributed by atoms with van der Waals surface area (Å²) < 4.78 is 7.54. The minimum atomic E-state index is -0.101. The highest BCUT2D eigenvalue weighted by atomic mass is 35.5. The van der Waals surface area contributed by atoms with Crippen LogP contribution in [0, 0.1) is 0 Å². The molecule has 0 aliphatic heterocycles. The molecule has 0 amide bonds. The monoisotopic (exact) mass is 280 g/mol. The number of nitrogens with zero attached hydrogens (tertiary/aromatic N) is 2. The van der Waals surface area contributed by atoms with E-state index in [0.717, 1.165) is 5.69 Å². The predicted molar refractivity (Wildman–Crippen MR) is 74.3 cm³/mol. The number of hydrogen-bond donors (Lipinski definition) is 1. The third-order valence-corrected chi connectivity index (χ3v) is 3.07. The number of halogens is 1. The standard InChI is InChI=1S/C14H17ClN2O2/c1-10(2)17-7-6-12(16-17)9-19-14-11(8-18)4-3-5-13(14)15/h3-7,10,18H,8-9H2,1-2H3. The van der Waals surface area contributed by atoms with Crippen LogP contribution in [0.4, 0.5) is 0 Å². The summed E-state index contributed by atoms with van der Waals surface area (Å²) in [5.41, 5.74) is 1.51. The molecule has 5 heteroatoms. The number of hydrogen-bond acceptors (Lipinski definition) is 3. The van der Waals surface area contributed by atoms with Crippen LogP contribution in [0.5, 0.6) is 5.75 Å². The zero-order valence-electron chi connectivity index (χ0n) is 11.0. The molecule has 0 fully saturated rings. The van der Waals surface area contributed by atoms with E-state index in [1.54, 1.807) is 18.2 Å². The first-order valence-corrected chi connectivity index (χ1v) is 6.54. The SMILES string of the molecule is CC(C)n1ccc(COc2c(Cl)cccc2CO)n1. The van der Waals surface area contributed by atoms with Gasteiger partial charge in [-0.15, -0.1) is 0 Å². The Balaban J connectivity index is 2.09. The predicted octanol–water partition coefficient (Wildman–Crippen LogP) is 3.19. The van der Waals surface area contributed by atoms with Gasteiger partial charge in [-0.1, -0.05) is 23.7 Å². The lowest BCUT2D eigenvalue weighted by Crippen LogP contribution is -2.04. The first-order chi connectivity index (χ1) is 9.11. The Kier molecular flexibility index (Phi) is 4.45. The summed E-state index contributed by atoms with van der Waals surface area (Å²) in [7, 11) is 0. The summed E-state index contributed by atoms with van der Waals surface area (Å²) in [6.45, 7) is 4.36. The van der Waals surface area contributed by atoms with Crippen molar-refractivity contribution in [2.24, 2.45) is 0 Å². The third kappa shape index (κ3) is 3.28. The molecule has 0 bridgehead atoms. The average molecular weight is 281 g/mol. The van der Waals surface area contributed by atoms with Crippen LogP contribution < -0.4 is 4.74 Å². The molecule has 4 nitrogen and oxygen atoms in total. The molecule has 0 spiro atoms. The second kappa shape index (κ2) is 6.08. The van der Waals surface area contributed by atoms with E-state index >= 15 is 0 Å². The molecule has 2 rings (SSSR count). The number of aromatic nitrogens is 2. The maximum atomic E-state index is 9.26. The Bertz CT molecular complexity index is 552. The molecule has 1 N–H and O–H groups in total. The quantitative estimate of drug-likeness (QED) is 0.915. The zero-order chi connectivity index (χ0) is 13.8. The van der Waals surface area contributed by atoms with Gasteiger partial charge >= 0.3 is 0 Å². The van der Waals surface area contributed by atoms with Gasteiger partial charge in [-0.3, -0.25) is 4.68 Å². The van der Waals surface area contributed by atoms with Crippen molar-refractivity contribution in [3.05, 3.63) is 46.7 Å². The molecular weight excluding hydrogens is 264 g/mol. The van der Waals surface area contributed by atoms with Gasteiger partial charge in [0.15, 0.2) is 0 Å². The van der Waals surface area contributed by atoms with Gasteiger partial charge in [0.05, 0.1) is 17.3 Å². The Labute approximate surface area is 117 Å². The van der Waals surface area contributed by atoms with E-state index in [1.165, 1.54) is 0 Å². The molecule has 0 radical (unpaired) electrons. The fourth-order valence-corrected chi connectivity index (χ4v) is 1.98. The Morgan fingerprint density at radius 2 is 2.16 bits per heavy atom. The molecule has 0 aliphatic carbocycles. The highest BCUT2D eigenvalue weighted by Crippen LogP contribution is 2.29. The van der Waals surface area contributed by atoms with E-state index in [4.69, 9.17) is 16.3 Å². The third-order valence-electron chi connectivity index (χ3n) is 2.78. The summed E-state index contributed by atoms with van der Waals surface area (Å²) in [5, 5.41) is 14.1. The normalized spacial score (nSPS) is 11.0. The van der Waals surface area contributed by atoms with Crippen molar-refractivity contribution in [1.29, 1.82) is 0 Å². The van der Waals surface area contributed by atoms with E-state index in [-0.39, 0.29) is 6.61 Å². The second-order valence-electron chi connectivity index (χ2n) is 4.56. The smallest absolute Gasteiger partial charge is 0.143 e. The van der Waals surface area contributed by atoms with E-state index in [2.05, 4.69) is 18.9 Å². The van der Waals surface area contributed by atoms with Crippen molar-refractivity contribution in [2.75, 3.05) is 0 Å². The minimum absolute atomic E-state index is 0.101. The molecule has 2 aromatic rings. The second-order valence-corrected chi connectivity index (χ2v) is 4.96. The molecule has 102 valence electrons. The number of para-hydroxylation sites is 1. The summed E-state index contributed by atoms with van der Waals surface area (Å²) in [6.07, 6.45) is 1.92. The summed E-state index contributed by atoms with van der Waals surface area (Å²) in [5.74, 6) is 0.519. The highest BCUT2D eigenvalue weighted by molar-refractivity contribution is 6.32. The number of aliphatic hydroxyl groups excluding tert-OH is 1. The minimum Gasteiger partial charge on any atom is -0.485 e.